The number of benzene rings is 1. The summed E-state index contributed by atoms with van der Waals surface area (Å²) in [5, 5.41) is 0. The maximum atomic E-state index is 4.26. The number of nitrogens with zero attached hydrogens (tertiary/aromatic N) is 2. The van der Waals surface area contributed by atoms with Crippen molar-refractivity contribution in [2.75, 3.05) is 24.2 Å². The van der Waals surface area contributed by atoms with Gasteiger partial charge >= 0.3 is 0 Å². The highest BCUT2D eigenvalue weighted by Crippen LogP contribution is 2.15. The van der Waals surface area contributed by atoms with Gasteiger partial charge in [-0.2, -0.15) is 12.6 Å². The van der Waals surface area contributed by atoms with Gasteiger partial charge in [-0.05, 0) is 30.2 Å². The Hall–Kier alpha value is -1.01. The molecular weight excluding hydrogens is 403 g/mol. The number of rotatable bonds is 6. The first kappa shape index (κ1) is 19.0. The van der Waals surface area contributed by atoms with Gasteiger partial charge in [0.05, 0.1) is 0 Å². The predicted molar refractivity (Wildman–Crippen MR) is 94.8 cm³/mol. The fraction of sp³-hybridized carbons (Fsp3) is 0.278. The van der Waals surface area contributed by atoms with Crippen molar-refractivity contribution in [2.45, 2.75) is 13.5 Å². The number of hydrogen-bond acceptors (Lipinski definition) is 2. The van der Waals surface area contributed by atoms with Crippen LogP contribution < -0.4 is 33.4 Å². The quantitative estimate of drug-likeness (QED) is 0.402. The third kappa shape index (κ3) is 5.65. The van der Waals surface area contributed by atoms with Gasteiger partial charge in [-0.15, -0.1) is 0 Å². The molecule has 0 fully saturated rings. The summed E-state index contributed by atoms with van der Waals surface area (Å²) < 4.78 is 2.16. The lowest BCUT2D eigenvalue weighted by Crippen LogP contribution is -3.00. The molecule has 2 aromatic rings. The Morgan fingerprint density at radius 3 is 2.05 bits per heavy atom. The molecule has 4 heteroatoms. The Morgan fingerprint density at radius 1 is 1.00 bits per heavy atom. The molecule has 0 spiro atoms. The van der Waals surface area contributed by atoms with E-state index >= 15 is 0 Å². The molecule has 22 heavy (non-hydrogen) atoms. The zero-order chi connectivity index (χ0) is 15.1. The van der Waals surface area contributed by atoms with E-state index < -0.39 is 0 Å². The molecule has 0 bridgehead atoms. The molecule has 0 unspecified atom stereocenters. The van der Waals surface area contributed by atoms with Gasteiger partial charge in [-0.3, -0.25) is 0 Å². The first-order valence-electron chi connectivity index (χ1n) is 7.32. The summed E-state index contributed by atoms with van der Waals surface area (Å²) in [6.45, 7) is 4.10. The van der Waals surface area contributed by atoms with E-state index in [2.05, 4.69) is 97.0 Å². The van der Waals surface area contributed by atoms with Gasteiger partial charge < -0.3 is 28.9 Å². The van der Waals surface area contributed by atoms with Crippen molar-refractivity contribution >= 4 is 30.5 Å². The fourth-order valence-electron chi connectivity index (χ4n) is 2.10. The Balaban J connectivity index is 0.00000242. The van der Waals surface area contributed by atoms with Crippen LogP contribution in [-0.4, -0.2) is 19.3 Å². The van der Waals surface area contributed by atoms with Gasteiger partial charge in [0.25, 0.3) is 0 Å². The van der Waals surface area contributed by atoms with Gasteiger partial charge in [0.2, 0.25) is 0 Å². The maximum absolute atomic E-state index is 4.26. The van der Waals surface area contributed by atoms with Crippen molar-refractivity contribution in [1.29, 1.82) is 0 Å². The summed E-state index contributed by atoms with van der Waals surface area (Å²) >= 11 is 4.26. The lowest BCUT2D eigenvalue weighted by atomic mass is 10.1. The Labute approximate surface area is 156 Å². The second kappa shape index (κ2) is 9.90. The van der Waals surface area contributed by atoms with Crippen LogP contribution in [0.5, 0.6) is 0 Å². The number of aryl methyl sites for hydroxylation is 1. The van der Waals surface area contributed by atoms with Gasteiger partial charge in [-0.25, -0.2) is 4.57 Å². The molecule has 0 N–H and O–H groups in total. The van der Waals surface area contributed by atoms with E-state index in [0.717, 1.165) is 18.8 Å². The van der Waals surface area contributed by atoms with Crippen molar-refractivity contribution < 1.29 is 28.5 Å². The van der Waals surface area contributed by atoms with Crippen LogP contribution in [0.25, 0.3) is 12.2 Å². The zero-order valence-electron chi connectivity index (χ0n) is 13.1. The van der Waals surface area contributed by atoms with Crippen LogP contribution in [0.3, 0.4) is 0 Å². The third-order valence-corrected chi connectivity index (χ3v) is 3.72. The summed E-state index contributed by atoms with van der Waals surface area (Å²) in [7, 11) is 2.09. The molecule has 1 heterocycles. The Bertz CT molecular complexity index is 579. The molecule has 0 atom stereocenters. The van der Waals surface area contributed by atoms with Gasteiger partial charge in [0.15, 0.2) is 12.4 Å². The molecule has 118 valence electrons. The molecule has 1 aromatic carbocycles. The standard InChI is InChI=1S/C18H22N2S.HI/c1-3-20-12-10-17(11-13-20)5-4-16-6-8-18(9-7-16)19(2)14-15-21;/h4-13H,3,14-15H2,1-2H3;1H. The van der Waals surface area contributed by atoms with E-state index in [9.17, 15) is 0 Å². The van der Waals surface area contributed by atoms with Crippen LogP contribution in [0.4, 0.5) is 5.69 Å². The molecule has 1 aromatic heterocycles. The highest BCUT2D eigenvalue weighted by Gasteiger charge is 1.99. The first-order valence-corrected chi connectivity index (χ1v) is 7.95. The topological polar surface area (TPSA) is 7.12 Å². The van der Waals surface area contributed by atoms with Crippen molar-refractivity contribution in [2.24, 2.45) is 0 Å². The molecule has 0 saturated carbocycles. The minimum Gasteiger partial charge on any atom is -1.00 e. The van der Waals surface area contributed by atoms with Crippen LogP contribution in [0.1, 0.15) is 18.1 Å². The van der Waals surface area contributed by atoms with E-state index in [1.54, 1.807) is 0 Å². The third-order valence-electron chi connectivity index (χ3n) is 3.52. The molecule has 2 rings (SSSR count). The van der Waals surface area contributed by atoms with Crippen LogP contribution in [0.15, 0.2) is 48.8 Å². The van der Waals surface area contributed by atoms with Crippen LogP contribution in [0, 0.1) is 0 Å². The summed E-state index contributed by atoms with van der Waals surface area (Å²) in [6.07, 6.45) is 8.50. The van der Waals surface area contributed by atoms with Crippen molar-refractivity contribution in [1.82, 2.24) is 0 Å². The minimum absolute atomic E-state index is 0. The van der Waals surface area contributed by atoms with E-state index in [4.69, 9.17) is 0 Å². The van der Waals surface area contributed by atoms with Crippen molar-refractivity contribution in [3.05, 3.63) is 59.9 Å². The van der Waals surface area contributed by atoms with Gasteiger partial charge in [-0.1, -0.05) is 24.3 Å². The summed E-state index contributed by atoms with van der Waals surface area (Å²) in [5.74, 6) is 0.865. The van der Waals surface area contributed by atoms with Crippen LogP contribution in [-0.2, 0) is 6.54 Å². The van der Waals surface area contributed by atoms with E-state index in [1.807, 2.05) is 0 Å². The lowest BCUT2D eigenvalue weighted by Gasteiger charge is -2.17. The Kier molecular flexibility index (Phi) is 8.56. The SMILES string of the molecule is CC[n+]1ccc(/C=C/c2ccc(N(C)CCS)cc2)cc1.[I-]. The average molecular weight is 426 g/mol. The smallest absolute Gasteiger partial charge is 0.169 e. The summed E-state index contributed by atoms with van der Waals surface area (Å²) in [6, 6.07) is 12.9. The molecule has 0 aliphatic rings. The number of thiol groups is 1. The van der Waals surface area contributed by atoms with Gasteiger partial charge in [0, 0.05) is 37.2 Å². The normalized spacial score (nSPS) is 10.5. The predicted octanol–water partition coefficient (Wildman–Crippen LogP) is 0.534. The highest BCUT2D eigenvalue weighted by atomic mass is 127. The van der Waals surface area contributed by atoms with Crippen molar-refractivity contribution in [3.8, 4) is 0 Å². The maximum Gasteiger partial charge on any atom is 0.169 e. The largest absolute Gasteiger partial charge is 1.00 e. The Morgan fingerprint density at radius 2 is 1.55 bits per heavy atom. The highest BCUT2D eigenvalue weighted by molar-refractivity contribution is 7.80. The molecule has 2 nitrogen and oxygen atoms in total. The molecule has 0 radical (unpaired) electrons. The molecule has 0 saturated heterocycles. The van der Waals surface area contributed by atoms with Crippen LogP contribution >= 0.6 is 12.6 Å². The molecule has 0 aliphatic carbocycles. The zero-order valence-corrected chi connectivity index (χ0v) is 16.2. The summed E-state index contributed by atoms with van der Waals surface area (Å²) in [5.41, 5.74) is 3.66. The number of hydrogen-bond donors (Lipinski definition) is 1. The second-order valence-electron chi connectivity index (χ2n) is 5.03. The second-order valence-corrected chi connectivity index (χ2v) is 5.48. The number of aromatic nitrogens is 1. The fourth-order valence-corrected chi connectivity index (χ4v) is 2.40. The van der Waals surface area contributed by atoms with Crippen LogP contribution in [0.2, 0.25) is 0 Å². The number of halogens is 1. The van der Waals surface area contributed by atoms with Gasteiger partial charge in [0.1, 0.15) is 6.54 Å². The molecule has 0 aliphatic heterocycles. The minimum atomic E-state index is 0. The monoisotopic (exact) mass is 426 g/mol. The molecular formula is C18H23IN2S. The number of pyridine rings is 1. The first-order chi connectivity index (χ1) is 10.2. The average Bonchev–Trinajstić information content (AvgIpc) is 2.54. The number of anilines is 1. The van der Waals surface area contributed by atoms with E-state index in [-0.39, 0.29) is 24.0 Å². The molecule has 0 amide bonds. The lowest BCUT2D eigenvalue weighted by molar-refractivity contribution is -0.693. The van der Waals surface area contributed by atoms with Crippen molar-refractivity contribution in [3.63, 3.8) is 0 Å². The summed E-state index contributed by atoms with van der Waals surface area (Å²) in [4.78, 5) is 2.21. The van der Waals surface area contributed by atoms with E-state index in [0.29, 0.717) is 0 Å². The van der Waals surface area contributed by atoms with E-state index in [1.165, 1.54) is 16.8 Å².